The summed E-state index contributed by atoms with van der Waals surface area (Å²) < 4.78 is 0. The Balaban J connectivity index is 5.17. The second-order valence-corrected chi connectivity index (χ2v) is 8.10. The van der Waals surface area contributed by atoms with Crippen LogP contribution in [0.5, 0.6) is 0 Å². The van der Waals surface area contributed by atoms with Crippen LogP contribution in [0.1, 0.15) is 40.0 Å². The number of nitrogens with zero attached hydrogens (tertiary/aromatic N) is 1. The van der Waals surface area contributed by atoms with Crippen molar-refractivity contribution >= 4 is 42.3 Å². The molecule has 0 aromatic heterocycles. The molecule has 14 heteroatoms. The van der Waals surface area contributed by atoms with Gasteiger partial charge in [-0.2, -0.15) is 12.6 Å². The first-order valence-electron chi connectivity index (χ1n) is 10.6. The average Bonchev–Trinajstić information content (AvgIpc) is 2.75. The number of aliphatic imine (C=N–C) groups is 1. The van der Waals surface area contributed by atoms with Gasteiger partial charge in [-0.1, -0.05) is 20.3 Å². The zero-order chi connectivity index (χ0) is 25.7. The van der Waals surface area contributed by atoms with E-state index in [0.29, 0.717) is 6.42 Å². The molecule has 190 valence electrons. The molecule has 6 atom stereocenters. The summed E-state index contributed by atoms with van der Waals surface area (Å²) in [6.07, 6.45) is -0.414. The minimum atomic E-state index is -1.47. The SMILES string of the molecule is CCC(C)C(N)C(=O)NC(CS)C(=O)NC(C(=O)NC(CCCN=C(N)N)C(=O)O)C(C)O. The van der Waals surface area contributed by atoms with Gasteiger partial charge in [-0.15, -0.1) is 0 Å². The molecule has 0 saturated carbocycles. The van der Waals surface area contributed by atoms with Crippen LogP contribution in [0.25, 0.3) is 0 Å². The summed E-state index contributed by atoms with van der Waals surface area (Å²) >= 11 is 4.06. The molecule has 0 aromatic rings. The van der Waals surface area contributed by atoms with Crippen molar-refractivity contribution in [1.82, 2.24) is 16.0 Å². The third-order valence-electron chi connectivity index (χ3n) is 5.00. The number of guanidine groups is 1. The summed E-state index contributed by atoms with van der Waals surface area (Å²) in [6.45, 7) is 5.09. The molecule has 0 aliphatic carbocycles. The second-order valence-electron chi connectivity index (χ2n) is 7.73. The van der Waals surface area contributed by atoms with Crippen LogP contribution in [0.4, 0.5) is 0 Å². The quantitative estimate of drug-likeness (QED) is 0.0499. The van der Waals surface area contributed by atoms with Gasteiger partial charge in [-0.3, -0.25) is 19.4 Å². The van der Waals surface area contributed by atoms with E-state index < -0.39 is 54.0 Å². The van der Waals surface area contributed by atoms with Gasteiger partial charge < -0.3 is 43.4 Å². The third-order valence-corrected chi connectivity index (χ3v) is 5.36. The molecule has 0 heterocycles. The molecule has 0 spiro atoms. The molecule has 0 aliphatic heterocycles. The van der Waals surface area contributed by atoms with Crippen LogP contribution in [0.3, 0.4) is 0 Å². The molecular weight excluding hydrogens is 454 g/mol. The normalized spacial score (nSPS) is 16.3. The lowest BCUT2D eigenvalue weighted by Crippen LogP contribution is -2.60. The molecule has 0 fully saturated rings. The number of thiol groups is 1. The van der Waals surface area contributed by atoms with E-state index in [2.05, 4.69) is 33.6 Å². The van der Waals surface area contributed by atoms with Crippen LogP contribution in [-0.2, 0) is 19.2 Å². The highest BCUT2D eigenvalue weighted by molar-refractivity contribution is 7.80. The highest BCUT2D eigenvalue weighted by atomic mass is 32.1. The number of aliphatic hydroxyl groups is 1. The number of carbonyl (C=O) groups excluding carboxylic acids is 3. The van der Waals surface area contributed by atoms with E-state index in [4.69, 9.17) is 17.2 Å². The van der Waals surface area contributed by atoms with Gasteiger partial charge in [0, 0.05) is 12.3 Å². The Kier molecular flexibility index (Phi) is 14.1. The fourth-order valence-electron chi connectivity index (χ4n) is 2.66. The number of carbonyl (C=O) groups is 4. The number of rotatable bonds is 15. The first kappa shape index (κ1) is 30.4. The van der Waals surface area contributed by atoms with Crippen LogP contribution in [-0.4, -0.2) is 82.4 Å². The van der Waals surface area contributed by atoms with Gasteiger partial charge in [0.15, 0.2) is 5.96 Å². The van der Waals surface area contributed by atoms with Crippen LogP contribution < -0.4 is 33.2 Å². The van der Waals surface area contributed by atoms with E-state index in [1.54, 1.807) is 6.92 Å². The maximum absolute atomic E-state index is 12.6. The maximum Gasteiger partial charge on any atom is 0.326 e. The van der Waals surface area contributed by atoms with Crippen LogP contribution in [0.2, 0.25) is 0 Å². The second kappa shape index (κ2) is 15.3. The summed E-state index contributed by atoms with van der Waals surface area (Å²) in [5.74, 6) is -3.90. The molecule has 0 bridgehead atoms. The number of carboxylic acid groups (broad SMARTS) is 1. The molecule has 3 amide bonds. The lowest BCUT2D eigenvalue weighted by atomic mass is 9.99. The molecule has 11 N–H and O–H groups in total. The van der Waals surface area contributed by atoms with Gasteiger partial charge in [-0.05, 0) is 25.7 Å². The highest BCUT2D eigenvalue weighted by Crippen LogP contribution is 2.06. The third kappa shape index (κ3) is 11.2. The number of aliphatic hydroxyl groups excluding tert-OH is 1. The molecule has 0 aromatic carbocycles. The van der Waals surface area contributed by atoms with E-state index in [1.807, 2.05) is 6.92 Å². The minimum absolute atomic E-state index is 0.0150. The molecule has 33 heavy (non-hydrogen) atoms. The van der Waals surface area contributed by atoms with E-state index >= 15 is 0 Å². The van der Waals surface area contributed by atoms with Gasteiger partial charge in [0.25, 0.3) is 0 Å². The van der Waals surface area contributed by atoms with Crippen molar-refractivity contribution in [1.29, 1.82) is 0 Å². The minimum Gasteiger partial charge on any atom is -0.480 e. The lowest BCUT2D eigenvalue weighted by molar-refractivity contribution is -0.143. The predicted molar refractivity (Wildman–Crippen MR) is 126 cm³/mol. The summed E-state index contributed by atoms with van der Waals surface area (Å²) in [6, 6.07) is -4.73. The molecule has 13 nitrogen and oxygen atoms in total. The number of hydrogen-bond acceptors (Lipinski definition) is 8. The fraction of sp³-hybridized carbons (Fsp3) is 0.737. The Morgan fingerprint density at radius 1 is 1.00 bits per heavy atom. The summed E-state index contributed by atoms with van der Waals surface area (Å²) in [4.78, 5) is 52.7. The Labute approximate surface area is 198 Å². The summed E-state index contributed by atoms with van der Waals surface area (Å²) in [5, 5.41) is 26.4. The van der Waals surface area contributed by atoms with Crippen molar-refractivity contribution in [3.63, 3.8) is 0 Å². The Hall–Kier alpha value is -2.58. The van der Waals surface area contributed by atoms with Gasteiger partial charge in [-0.25, -0.2) is 4.79 Å². The van der Waals surface area contributed by atoms with Gasteiger partial charge in [0.2, 0.25) is 17.7 Å². The van der Waals surface area contributed by atoms with Crippen molar-refractivity contribution in [2.24, 2.45) is 28.1 Å². The number of nitrogens with two attached hydrogens (primary N) is 3. The maximum atomic E-state index is 12.6. The molecule has 0 rings (SSSR count). The summed E-state index contributed by atoms with van der Waals surface area (Å²) in [7, 11) is 0. The highest BCUT2D eigenvalue weighted by Gasteiger charge is 2.32. The Bertz CT molecular complexity index is 702. The van der Waals surface area contributed by atoms with E-state index in [0.717, 1.165) is 0 Å². The zero-order valence-electron chi connectivity index (χ0n) is 19.2. The number of aliphatic carboxylic acids is 1. The molecule has 0 aliphatic rings. The standard InChI is InChI=1S/C19H37N7O6S/c1-4-9(2)13(20)16(29)25-12(8-33)15(28)26-14(10(3)27)17(30)24-11(18(31)32)6-5-7-23-19(21)22/h9-14,27,33H,4-8,20H2,1-3H3,(H,24,30)(H,25,29)(H,26,28)(H,31,32)(H4,21,22,23). The van der Waals surface area contributed by atoms with E-state index in [-0.39, 0.29) is 37.0 Å². The van der Waals surface area contributed by atoms with Gasteiger partial charge in [0.1, 0.15) is 18.1 Å². The fourth-order valence-corrected chi connectivity index (χ4v) is 2.91. The zero-order valence-corrected chi connectivity index (χ0v) is 20.0. The number of hydrogen-bond donors (Lipinski definition) is 9. The first-order valence-corrected chi connectivity index (χ1v) is 11.2. The van der Waals surface area contributed by atoms with Crippen LogP contribution >= 0.6 is 12.6 Å². The van der Waals surface area contributed by atoms with Crippen molar-refractivity contribution in [2.75, 3.05) is 12.3 Å². The predicted octanol–water partition coefficient (Wildman–Crippen LogP) is -2.74. The lowest BCUT2D eigenvalue weighted by Gasteiger charge is -2.26. The van der Waals surface area contributed by atoms with Crippen LogP contribution in [0.15, 0.2) is 4.99 Å². The largest absolute Gasteiger partial charge is 0.480 e. The number of carboxylic acids is 1. The molecule has 0 radical (unpaired) electrons. The van der Waals surface area contributed by atoms with E-state index in [9.17, 15) is 29.4 Å². The average molecular weight is 492 g/mol. The van der Waals surface area contributed by atoms with Crippen molar-refractivity contribution < 1.29 is 29.4 Å². The van der Waals surface area contributed by atoms with E-state index in [1.165, 1.54) is 6.92 Å². The van der Waals surface area contributed by atoms with Crippen molar-refractivity contribution in [3.05, 3.63) is 0 Å². The molecular formula is C19H37N7O6S. The number of amides is 3. The van der Waals surface area contributed by atoms with Crippen molar-refractivity contribution in [3.8, 4) is 0 Å². The topological polar surface area (TPSA) is 235 Å². The Morgan fingerprint density at radius 3 is 2.03 bits per heavy atom. The smallest absolute Gasteiger partial charge is 0.326 e. The summed E-state index contributed by atoms with van der Waals surface area (Å²) in [5.41, 5.74) is 16.3. The van der Waals surface area contributed by atoms with Gasteiger partial charge in [0.05, 0.1) is 12.1 Å². The molecule has 0 saturated heterocycles. The first-order chi connectivity index (χ1) is 15.3. The monoisotopic (exact) mass is 491 g/mol. The molecule has 6 unspecified atom stereocenters. The van der Waals surface area contributed by atoms with Gasteiger partial charge >= 0.3 is 5.97 Å². The number of nitrogens with one attached hydrogen (secondary N) is 3. The van der Waals surface area contributed by atoms with Crippen molar-refractivity contribution in [2.45, 2.75) is 70.3 Å². The Morgan fingerprint density at radius 2 is 1.58 bits per heavy atom. The van der Waals surface area contributed by atoms with Crippen LogP contribution in [0, 0.1) is 5.92 Å².